The van der Waals surface area contributed by atoms with E-state index in [1.165, 1.54) is 0 Å². The summed E-state index contributed by atoms with van der Waals surface area (Å²) in [6.07, 6.45) is -0.745. The first-order chi connectivity index (χ1) is 9.70. The highest BCUT2D eigenvalue weighted by molar-refractivity contribution is 6.30. The number of carbonyl (C=O) groups excluding carboxylic acids is 1. The van der Waals surface area contributed by atoms with Gasteiger partial charge in [0.1, 0.15) is 18.5 Å². The molecule has 21 heavy (non-hydrogen) atoms. The summed E-state index contributed by atoms with van der Waals surface area (Å²) in [7, 11) is 0. The van der Waals surface area contributed by atoms with Gasteiger partial charge in [0.15, 0.2) is 0 Å². The first-order valence-corrected chi connectivity index (χ1v) is 7.17. The summed E-state index contributed by atoms with van der Waals surface area (Å²) in [6.45, 7) is 6.06. The fraction of sp³-hybridized carbons (Fsp3) is 0.533. The molecule has 0 aliphatic rings. The molecule has 0 bridgehead atoms. The van der Waals surface area contributed by atoms with Gasteiger partial charge in [-0.3, -0.25) is 4.79 Å². The first-order valence-electron chi connectivity index (χ1n) is 6.79. The number of hydrogen-bond acceptors (Lipinski definition) is 4. The Bertz CT molecular complexity index is 457. The van der Waals surface area contributed by atoms with E-state index in [1.54, 1.807) is 24.3 Å². The lowest BCUT2D eigenvalue weighted by molar-refractivity contribution is -0.122. The molecule has 0 radical (unpaired) electrons. The zero-order valence-corrected chi connectivity index (χ0v) is 13.4. The minimum absolute atomic E-state index is 0.115. The number of nitrogens with two attached hydrogens (primary N) is 1. The van der Waals surface area contributed by atoms with Crippen molar-refractivity contribution >= 4 is 17.5 Å². The third-order valence-electron chi connectivity index (χ3n) is 2.96. The van der Waals surface area contributed by atoms with Crippen LogP contribution < -0.4 is 15.8 Å². The summed E-state index contributed by atoms with van der Waals surface area (Å²) < 4.78 is 5.44. The predicted octanol–water partition coefficient (Wildman–Crippen LogP) is 1.57. The van der Waals surface area contributed by atoms with Gasteiger partial charge < -0.3 is 20.9 Å². The van der Waals surface area contributed by atoms with Crippen molar-refractivity contribution in [3.63, 3.8) is 0 Å². The van der Waals surface area contributed by atoms with Crippen molar-refractivity contribution in [2.45, 2.75) is 32.9 Å². The second-order valence-electron chi connectivity index (χ2n) is 6.03. The van der Waals surface area contributed by atoms with Crippen LogP contribution in [0.1, 0.15) is 20.8 Å². The minimum atomic E-state index is -0.745. The van der Waals surface area contributed by atoms with Gasteiger partial charge in [-0.05, 0) is 29.7 Å². The van der Waals surface area contributed by atoms with Crippen molar-refractivity contribution in [1.29, 1.82) is 0 Å². The quantitative estimate of drug-likeness (QED) is 0.713. The van der Waals surface area contributed by atoms with Crippen LogP contribution in [0.3, 0.4) is 0 Å². The number of ether oxygens (including phenoxy) is 1. The molecule has 1 amide bonds. The van der Waals surface area contributed by atoms with E-state index in [4.69, 9.17) is 22.1 Å². The summed E-state index contributed by atoms with van der Waals surface area (Å²) in [4.78, 5) is 11.4. The average molecular weight is 315 g/mol. The van der Waals surface area contributed by atoms with Crippen LogP contribution in [0.2, 0.25) is 5.02 Å². The van der Waals surface area contributed by atoms with Crippen LogP contribution in [-0.2, 0) is 4.79 Å². The number of amides is 1. The molecule has 0 spiro atoms. The van der Waals surface area contributed by atoms with Gasteiger partial charge in [-0.25, -0.2) is 0 Å². The van der Waals surface area contributed by atoms with Crippen LogP contribution in [0.5, 0.6) is 5.75 Å². The van der Waals surface area contributed by atoms with Crippen LogP contribution in [0.4, 0.5) is 0 Å². The monoisotopic (exact) mass is 314 g/mol. The zero-order chi connectivity index (χ0) is 16.0. The van der Waals surface area contributed by atoms with E-state index in [1.807, 2.05) is 20.8 Å². The van der Waals surface area contributed by atoms with E-state index in [2.05, 4.69) is 5.32 Å². The third kappa shape index (κ3) is 6.33. The van der Waals surface area contributed by atoms with Crippen LogP contribution in [-0.4, -0.2) is 36.3 Å². The number of rotatable bonds is 7. The lowest BCUT2D eigenvalue weighted by atomic mass is 9.86. The Morgan fingerprint density at radius 2 is 1.95 bits per heavy atom. The van der Waals surface area contributed by atoms with Crippen LogP contribution >= 0.6 is 11.6 Å². The molecule has 1 unspecified atom stereocenters. The second kappa shape index (κ2) is 7.64. The van der Waals surface area contributed by atoms with Gasteiger partial charge in [0.2, 0.25) is 5.91 Å². The summed E-state index contributed by atoms with van der Waals surface area (Å²) in [5, 5.41) is 13.5. The van der Waals surface area contributed by atoms with Crippen molar-refractivity contribution in [3.05, 3.63) is 29.3 Å². The van der Waals surface area contributed by atoms with Gasteiger partial charge in [-0.2, -0.15) is 0 Å². The highest BCUT2D eigenvalue weighted by atomic mass is 35.5. The predicted molar refractivity (Wildman–Crippen MR) is 83.4 cm³/mol. The minimum Gasteiger partial charge on any atom is -0.491 e. The maximum atomic E-state index is 11.4. The number of primary amides is 1. The van der Waals surface area contributed by atoms with Crippen molar-refractivity contribution in [2.75, 3.05) is 13.2 Å². The molecule has 0 aliphatic carbocycles. The Balaban J connectivity index is 2.41. The van der Waals surface area contributed by atoms with E-state index < -0.39 is 18.1 Å². The van der Waals surface area contributed by atoms with Crippen molar-refractivity contribution in [1.82, 2.24) is 5.32 Å². The molecular weight excluding hydrogens is 292 g/mol. The molecule has 0 fully saturated rings. The number of nitrogens with one attached hydrogen (secondary N) is 1. The number of aliphatic hydroxyl groups excluding tert-OH is 1. The molecule has 0 saturated carbocycles. The molecule has 1 aromatic rings. The standard InChI is InChI=1S/C15H23ClN2O3/c1-15(2,3)13(14(17)20)18-8-11(19)9-21-12-6-4-10(16)5-7-12/h4-7,11,13,18-19H,8-9H2,1-3H3,(H2,17,20)/t11?,13-/m1/s1. The maximum absolute atomic E-state index is 11.4. The largest absolute Gasteiger partial charge is 0.491 e. The molecule has 2 atom stereocenters. The number of aliphatic hydroxyl groups is 1. The molecular formula is C15H23ClN2O3. The molecule has 0 heterocycles. The van der Waals surface area contributed by atoms with Gasteiger partial charge in [-0.15, -0.1) is 0 Å². The number of benzene rings is 1. The lowest BCUT2D eigenvalue weighted by Gasteiger charge is -2.29. The van der Waals surface area contributed by atoms with Crippen LogP contribution in [0.25, 0.3) is 0 Å². The van der Waals surface area contributed by atoms with Crippen molar-refractivity contribution in [3.8, 4) is 5.75 Å². The average Bonchev–Trinajstić information content (AvgIpc) is 2.36. The number of halogens is 1. The van der Waals surface area contributed by atoms with E-state index in [-0.39, 0.29) is 18.6 Å². The summed E-state index contributed by atoms with van der Waals surface area (Å²) in [6, 6.07) is 6.37. The SMILES string of the molecule is CC(C)(C)[C@H](NCC(O)COc1ccc(Cl)cc1)C(N)=O. The van der Waals surface area contributed by atoms with E-state index >= 15 is 0 Å². The van der Waals surface area contributed by atoms with E-state index in [9.17, 15) is 9.90 Å². The fourth-order valence-corrected chi connectivity index (χ4v) is 2.00. The molecule has 6 heteroatoms. The van der Waals surface area contributed by atoms with Crippen LogP contribution in [0, 0.1) is 5.41 Å². The maximum Gasteiger partial charge on any atom is 0.235 e. The summed E-state index contributed by atoms with van der Waals surface area (Å²) in [5.41, 5.74) is 5.04. The first kappa shape index (κ1) is 17.8. The third-order valence-corrected chi connectivity index (χ3v) is 3.22. The van der Waals surface area contributed by atoms with Crippen molar-refractivity contribution in [2.24, 2.45) is 11.1 Å². The normalized spacial score (nSPS) is 14.5. The molecule has 5 nitrogen and oxygen atoms in total. The molecule has 1 rings (SSSR count). The van der Waals surface area contributed by atoms with Gasteiger partial charge in [0.25, 0.3) is 0 Å². The highest BCUT2D eigenvalue weighted by Crippen LogP contribution is 2.19. The Kier molecular flexibility index (Phi) is 6.45. The highest BCUT2D eigenvalue weighted by Gasteiger charge is 2.29. The second-order valence-corrected chi connectivity index (χ2v) is 6.46. The van der Waals surface area contributed by atoms with Crippen LogP contribution in [0.15, 0.2) is 24.3 Å². The smallest absolute Gasteiger partial charge is 0.235 e. The van der Waals surface area contributed by atoms with Gasteiger partial charge in [-0.1, -0.05) is 32.4 Å². The Morgan fingerprint density at radius 1 is 1.38 bits per heavy atom. The topological polar surface area (TPSA) is 84.6 Å². The molecule has 0 saturated heterocycles. The van der Waals surface area contributed by atoms with Gasteiger partial charge in [0.05, 0.1) is 6.04 Å². The molecule has 0 aromatic heterocycles. The Hall–Kier alpha value is -1.30. The summed E-state index contributed by atoms with van der Waals surface area (Å²) >= 11 is 5.77. The summed E-state index contributed by atoms with van der Waals surface area (Å²) in [5.74, 6) is 0.189. The Morgan fingerprint density at radius 3 is 2.43 bits per heavy atom. The fourth-order valence-electron chi connectivity index (χ4n) is 1.87. The van der Waals surface area contributed by atoms with Crippen molar-refractivity contribution < 1.29 is 14.6 Å². The molecule has 1 aromatic carbocycles. The molecule has 4 N–H and O–H groups in total. The van der Waals surface area contributed by atoms with Gasteiger partial charge >= 0.3 is 0 Å². The molecule has 118 valence electrons. The molecule has 0 aliphatic heterocycles. The Labute approximate surface area is 130 Å². The van der Waals surface area contributed by atoms with E-state index in [0.29, 0.717) is 10.8 Å². The van der Waals surface area contributed by atoms with Gasteiger partial charge in [0, 0.05) is 11.6 Å². The number of carbonyl (C=O) groups is 1. The lowest BCUT2D eigenvalue weighted by Crippen LogP contribution is -2.52. The van der Waals surface area contributed by atoms with E-state index in [0.717, 1.165) is 0 Å². The number of hydrogen-bond donors (Lipinski definition) is 3. The zero-order valence-electron chi connectivity index (χ0n) is 12.6.